The van der Waals surface area contributed by atoms with Crippen LogP contribution in [0.3, 0.4) is 0 Å². The lowest BCUT2D eigenvalue weighted by atomic mass is 10.1. The summed E-state index contributed by atoms with van der Waals surface area (Å²) < 4.78 is 10.8. The van der Waals surface area contributed by atoms with E-state index in [0.717, 1.165) is 25.9 Å². The van der Waals surface area contributed by atoms with Crippen molar-refractivity contribution in [1.29, 1.82) is 0 Å². The Hall–Kier alpha value is -2.08. The van der Waals surface area contributed by atoms with Crippen molar-refractivity contribution < 1.29 is 19.5 Å². The highest BCUT2D eigenvalue weighted by Gasteiger charge is 2.19. The second-order valence-electron chi connectivity index (χ2n) is 4.91. The molecule has 6 nitrogen and oxygen atoms in total. The van der Waals surface area contributed by atoms with E-state index in [0.29, 0.717) is 17.8 Å². The average molecular weight is 276 g/mol. The van der Waals surface area contributed by atoms with Gasteiger partial charge >= 0.3 is 0 Å². The van der Waals surface area contributed by atoms with Crippen LogP contribution in [-0.4, -0.2) is 33.1 Å². The number of benzene rings is 1. The van der Waals surface area contributed by atoms with Gasteiger partial charge in [0.2, 0.25) is 0 Å². The molecule has 1 unspecified atom stereocenters. The molecule has 20 heavy (non-hydrogen) atoms. The van der Waals surface area contributed by atoms with Crippen LogP contribution in [-0.2, 0) is 11.2 Å². The molecule has 1 aromatic heterocycles. The lowest BCUT2D eigenvalue weighted by Crippen LogP contribution is -2.21. The Labute approximate surface area is 116 Å². The molecule has 2 heterocycles. The first-order valence-electron chi connectivity index (χ1n) is 6.69. The van der Waals surface area contributed by atoms with E-state index in [1.54, 1.807) is 6.07 Å². The Kier molecular flexibility index (Phi) is 3.56. The number of aromatic nitrogens is 2. The molecule has 1 atom stereocenters. The van der Waals surface area contributed by atoms with E-state index < -0.39 is 0 Å². The summed E-state index contributed by atoms with van der Waals surface area (Å²) in [6.07, 6.45) is 4.03. The molecule has 0 aliphatic carbocycles. The lowest BCUT2D eigenvalue weighted by molar-refractivity contribution is 0.0153. The standard InChI is InChI=1S/C14H16N2O4/c17-9-4-5-11(12(18)7-9)14-15-13(16-20-14)8-10-3-1-2-6-19-10/h4-5,7,10,17-18H,1-3,6,8H2. The first-order valence-corrected chi connectivity index (χ1v) is 6.69. The summed E-state index contributed by atoms with van der Waals surface area (Å²) in [4.78, 5) is 4.27. The van der Waals surface area contributed by atoms with Gasteiger partial charge in [0.25, 0.3) is 5.89 Å². The van der Waals surface area contributed by atoms with Crippen LogP contribution < -0.4 is 0 Å². The Morgan fingerprint density at radius 1 is 1.25 bits per heavy atom. The molecule has 6 heteroatoms. The topological polar surface area (TPSA) is 88.6 Å². The van der Waals surface area contributed by atoms with Crippen molar-refractivity contribution in [2.75, 3.05) is 6.61 Å². The Bertz CT molecular complexity index is 591. The van der Waals surface area contributed by atoms with Gasteiger partial charge in [0.1, 0.15) is 11.5 Å². The van der Waals surface area contributed by atoms with Gasteiger partial charge in [0.15, 0.2) is 5.82 Å². The van der Waals surface area contributed by atoms with Crippen molar-refractivity contribution >= 4 is 0 Å². The predicted octanol–water partition coefficient (Wildman–Crippen LogP) is 2.26. The number of phenols is 2. The molecule has 0 amide bonds. The molecule has 0 bridgehead atoms. The number of rotatable bonds is 3. The van der Waals surface area contributed by atoms with Crippen molar-refractivity contribution in [3.8, 4) is 23.0 Å². The van der Waals surface area contributed by atoms with Gasteiger partial charge in [-0.25, -0.2) is 0 Å². The lowest BCUT2D eigenvalue weighted by Gasteiger charge is -2.20. The Morgan fingerprint density at radius 2 is 2.15 bits per heavy atom. The molecule has 1 aromatic carbocycles. The summed E-state index contributed by atoms with van der Waals surface area (Å²) in [5.74, 6) is 0.711. The molecule has 2 N–H and O–H groups in total. The SMILES string of the molecule is Oc1ccc(-c2nc(CC3CCCCO3)no2)c(O)c1. The van der Waals surface area contributed by atoms with Gasteiger partial charge in [0, 0.05) is 19.1 Å². The number of ether oxygens (including phenoxy) is 1. The van der Waals surface area contributed by atoms with Crippen LogP contribution in [0.2, 0.25) is 0 Å². The van der Waals surface area contributed by atoms with E-state index in [9.17, 15) is 10.2 Å². The third-order valence-electron chi connectivity index (χ3n) is 3.36. The fourth-order valence-electron chi connectivity index (χ4n) is 2.32. The third kappa shape index (κ3) is 2.75. The predicted molar refractivity (Wildman–Crippen MR) is 70.4 cm³/mol. The normalized spacial score (nSPS) is 19.1. The van der Waals surface area contributed by atoms with Crippen molar-refractivity contribution in [2.24, 2.45) is 0 Å². The second kappa shape index (κ2) is 5.50. The molecular formula is C14H16N2O4. The zero-order valence-corrected chi connectivity index (χ0v) is 11.0. The summed E-state index contributed by atoms with van der Waals surface area (Å²) in [6, 6.07) is 4.24. The maximum absolute atomic E-state index is 9.76. The summed E-state index contributed by atoms with van der Waals surface area (Å²) in [7, 11) is 0. The number of aromatic hydroxyl groups is 2. The Balaban J connectivity index is 1.75. The number of nitrogens with zero attached hydrogens (tertiary/aromatic N) is 2. The quantitative estimate of drug-likeness (QED) is 0.894. The van der Waals surface area contributed by atoms with Crippen LogP contribution in [0.15, 0.2) is 22.7 Å². The van der Waals surface area contributed by atoms with E-state index in [1.165, 1.54) is 12.1 Å². The summed E-state index contributed by atoms with van der Waals surface area (Å²) >= 11 is 0. The van der Waals surface area contributed by atoms with Gasteiger partial charge in [-0.3, -0.25) is 0 Å². The van der Waals surface area contributed by atoms with Gasteiger partial charge in [-0.1, -0.05) is 5.16 Å². The first-order chi connectivity index (χ1) is 9.72. The smallest absolute Gasteiger partial charge is 0.261 e. The zero-order valence-electron chi connectivity index (χ0n) is 11.0. The molecule has 0 saturated carbocycles. The van der Waals surface area contributed by atoms with Crippen LogP contribution in [0.1, 0.15) is 25.1 Å². The van der Waals surface area contributed by atoms with Gasteiger partial charge in [-0.15, -0.1) is 0 Å². The molecule has 0 radical (unpaired) electrons. The highest BCUT2D eigenvalue weighted by molar-refractivity contribution is 5.63. The van der Waals surface area contributed by atoms with E-state index in [-0.39, 0.29) is 23.5 Å². The number of hydrogen-bond acceptors (Lipinski definition) is 6. The highest BCUT2D eigenvalue weighted by atomic mass is 16.5. The maximum atomic E-state index is 9.76. The van der Waals surface area contributed by atoms with Crippen molar-refractivity contribution in [1.82, 2.24) is 10.1 Å². The first kappa shape index (κ1) is 12.9. The summed E-state index contributed by atoms with van der Waals surface area (Å²) in [5, 5.41) is 22.9. The molecule has 2 aromatic rings. The average Bonchev–Trinajstić information content (AvgIpc) is 2.88. The molecule has 1 aliphatic heterocycles. The molecule has 1 saturated heterocycles. The highest BCUT2D eigenvalue weighted by Crippen LogP contribution is 2.31. The second-order valence-corrected chi connectivity index (χ2v) is 4.91. The largest absolute Gasteiger partial charge is 0.508 e. The van der Waals surface area contributed by atoms with E-state index in [4.69, 9.17) is 9.26 Å². The number of phenolic OH excluding ortho intramolecular Hbond substituents is 2. The minimum absolute atomic E-state index is 0.0124. The monoisotopic (exact) mass is 276 g/mol. The zero-order chi connectivity index (χ0) is 13.9. The van der Waals surface area contributed by atoms with Crippen LogP contribution >= 0.6 is 0 Å². The van der Waals surface area contributed by atoms with E-state index in [1.807, 2.05) is 0 Å². The van der Waals surface area contributed by atoms with Gasteiger partial charge in [-0.05, 0) is 31.4 Å². The van der Waals surface area contributed by atoms with E-state index in [2.05, 4.69) is 10.1 Å². The number of hydrogen-bond donors (Lipinski definition) is 2. The molecule has 1 fully saturated rings. The van der Waals surface area contributed by atoms with Crippen LogP contribution in [0.4, 0.5) is 0 Å². The maximum Gasteiger partial charge on any atom is 0.261 e. The summed E-state index contributed by atoms with van der Waals surface area (Å²) in [5.41, 5.74) is 0.408. The molecule has 0 spiro atoms. The third-order valence-corrected chi connectivity index (χ3v) is 3.36. The molecule has 106 valence electrons. The van der Waals surface area contributed by atoms with Crippen LogP contribution in [0.5, 0.6) is 11.5 Å². The Morgan fingerprint density at radius 3 is 2.90 bits per heavy atom. The minimum Gasteiger partial charge on any atom is -0.508 e. The van der Waals surface area contributed by atoms with Crippen LogP contribution in [0, 0.1) is 0 Å². The minimum atomic E-state index is -0.0888. The molecule has 3 rings (SSSR count). The van der Waals surface area contributed by atoms with Gasteiger partial charge in [0.05, 0.1) is 11.7 Å². The fraction of sp³-hybridized carbons (Fsp3) is 0.429. The fourth-order valence-corrected chi connectivity index (χ4v) is 2.32. The van der Waals surface area contributed by atoms with Crippen LogP contribution in [0.25, 0.3) is 11.5 Å². The molecular weight excluding hydrogens is 260 g/mol. The van der Waals surface area contributed by atoms with Crippen molar-refractivity contribution in [2.45, 2.75) is 31.8 Å². The van der Waals surface area contributed by atoms with Crippen molar-refractivity contribution in [3.63, 3.8) is 0 Å². The van der Waals surface area contributed by atoms with Crippen molar-refractivity contribution in [3.05, 3.63) is 24.0 Å². The van der Waals surface area contributed by atoms with Gasteiger partial charge in [-0.2, -0.15) is 4.98 Å². The van der Waals surface area contributed by atoms with Gasteiger partial charge < -0.3 is 19.5 Å². The van der Waals surface area contributed by atoms with E-state index >= 15 is 0 Å². The molecule has 1 aliphatic rings. The summed E-state index contributed by atoms with van der Waals surface area (Å²) in [6.45, 7) is 0.786.